The van der Waals surface area contributed by atoms with E-state index in [1.807, 2.05) is 0 Å². The molecule has 1 aliphatic carbocycles. The predicted molar refractivity (Wildman–Crippen MR) is 62.4 cm³/mol. The Balaban J connectivity index is 1.87. The van der Waals surface area contributed by atoms with Crippen molar-refractivity contribution in [2.75, 3.05) is 0 Å². The number of nitro groups is 1. The summed E-state index contributed by atoms with van der Waals surface area (Å²) < 4.78 is 1.72. The third-order valence-corrected chi connectivity index (χ3v) is 2.94. The summed E-state index contributed by atoms with van der Waals surface area (Å²) in [5, 5.41) is 17.2. The maximum absolute atomic E-state index is 11.4. The van der Waals surface area contributed by atoms with Gasteiger partial charge in [0.05, 0.1) is 17.8 Å². The van der Waals surface area contributed by atoms with Crippen LogP contribution in [0.4, 0.5) is 5.82 Å². The SMILES string of the molecule is O=C(CCn1cc(Br)c([N+](=O)[O-])n1)NC1CC1. The summed E-state index contributed by atoms with van der Waals surface area (Å²) in [6, 6.07) is 0.334. The second-order valence-electron chi connectivity index (χ2n) is 3.91. The Kier molecular flexibility index (Phi) is 3.41. The molecule has 1 fully saturated rings. The zero-order valence-electron chi connectivity index (χ0n) is 8.93. The van der Waals surface area contributed by atoms with E-state index in [9.17, 15) is 14.9 Å². The first-order chi connectivity index (χ1) is 8.06. The van der Waals surface area contributed by atoms with Gasteiger partial charge in [-0.15, -0.1) is 0 Å². The van der Waals surface area contributed by atoms with Crippen LogP contribution in [0.2, 0.25) is 0 Å². The van der Waals surface area contributed by atoms with Crippen LogP contribution in [0.1, 0.15) is 19.3 Å². The van der Waals surface area contributed by atoms with E-state index in [0.29, 0.717) is 17.1 Å². The molecule has 0 saturated heterocycles. The van der Waals surface area contributed by atoms with Crippen LogP contribution < -0.4 is 5.32 Å². The molecule has 7 nitrogen and oxygen atoms in total. The second-order valence-corrected chi connectivity index (χ2v) is 4.77. The number of hydrogen-bond acceptors (Lipinski definition) is 4. The monoisotopic (exact) mass is 302 g/mol. The smallest absolute Gasteiger partial charge is 0.358 e. The number of hydrogen-bond donors (Lipinski definition) is 1. The molecule has 0 spiro atoms. The van der Waals surface area contributed by atoms with E-state index in [2.05, 4.69) is 26.3 Å². The maximum Gasteiger partial charge on any atom is 0.404 e. The predicted octanol–water partition coefficient (Wildman–Crippen LogP) is 1.22. The fourth-order valence-corrected chi connectivity index (χ4v) is 1.83. The lowest BCUT2D eigenvalue weighted by Gasteiger charge is -2.00. The largest absolute Gasteiger partial charge is 0.404 e. The zero-order valence-corrected chi connectivity index (χ0v) is 10.5. The molecule has 1 heterocycles. The van der Waals surface area contributed by atoms with Crippen LogP contribution in [0, 0.1) is 10.1 Å². The van der Waals surface area contributed by atoms with Gasteiger partial charge in [-0.1, -0.05) is 0 Å². The number of aromatic nitrogens is 2. The van der Waals surface area contributed by atoms with Crippen LogP contribution in [-0.4, -0.2) is 26.7 Å². The molecule has 1 aromatic heterocycles. The molecule has 8 heteroatoms. The fraction of sp³-hybridized carbons (Fsp3) is 0.556. The van der Waals surface area contributed by atoms with Gasteiger partial charge in [0, 0.05) is 12.5 Å². The molecule has 1 saturated carbocycles. The first kappa shape index (κ1) is 12.0. The third-order valence-electron chi connectivity index (χ3n) is 2.38. The van der Waals surface area contributed by atoms with E-state index in [0.717, 1.165) is 12.8 Å². The molecule has 0 unspecified atom stereocenters. The van der Waals surface area contributed by atoms with Gasteiger partial charge < -0.3 is 15.4 Å². The summed E-state index contributed by atoms with van der Waals surface area (Å²) in [6.45, 7) is 0.338. The topological polar surface area (TPSA) is 90.1 Å². The van der Waals surface area contributed by atoms with Gasteiger partial charge in [-0.05, 0) is 33.7 Å². The number of carbonyl (C=O) groups excluding carboxylic acids is 1. The van der Waals surface area contributed by atoms with Gasteiger partial charge in [-0.25, -0.2) is 0 Å². The van der Waals surface area contributed by atoms with Gasteiger partial charge in [-0.2, -0.15) is 4.68 Å². The minimum Gasteiger partial charge on any atom is -0.358 e. The quantitative estimate of drug-likeness (QED) is 0.654. The van der Waals surface area contributed by atoms with Crippen molar-refractivity contribution >= 4 is 27.7 Å². The minimum atomic E-state index is -0.565. The number of halogens is 1. The van der Waals surface area contributed by atoms with E-state index < -0.39 is 4.92 Å². The first-order valence-electron chi connectivity index (χ1n) is 5.23. The molecule has 17 heavy (non-hydrogen) atoms. The van der Waals surface area contributed by atoms with Crippen LogP contribution in [0.15, 0.2) is 10.7 Å². The van der Waals surface area contributed by atoms with E-state index in [1.165, 1.54) is 10.9 Å². The summed E-state index contributed by atoms with van der Waals surface area (Å²) in [6.07, 6.45) is 3.87. The van der Waals surface area contributed by atoms with E-state index in [4.69, 9.17) is 0 Å². The van der Waals surface area contributed by atoms with Gasteiger partial charge in [0.2, 0.25) is 5.91 Å². The van der Waals surface area contributed by atoms with Crippen LogP contribution >= 0.6 is 15.9 Å². The van der Waals surface area contributed by atoms with Gasteiger partial charge in [0.25, 0.3) is 0 Å². The van der Waals surface area contributed by atoms with Gasteiger partial charge in [-0.3, -0.25) is 4.79 Å². The Morgan fingerprint density at radius 1 is 1.71 bits per heavy atom. The summed E-state index contributed by atoms with van der Waals surface area (Å²) in [5.74, 6) is -0.269. The molecule has 0 atom stereocenters. The lowest BCUT2D eigenvalue weighted by atomic mass is 10.4. The van der Waals surface area contributed by atoms with Crippen molar-refractivity contribution in [1.82, 2.24) is 15.1 Å². The Bertz CT molecular complexity index is 455. The Morgan fingerprint density at radius 3 is 2.94 bits per heavy atom. The minimum absolute atomic E-state index is 0.0400. The Labute approximate surface area is 105 Å². The number of aryl methyl sites for hydroxylation is 1. The standard InChI is InChI=1S/C9H11BrN4O3/c10-7-5-13(12-9(7)14(16)17)4-3-8(15)11-6-1-2-6/h5-6H,1-4H2,(H,11,15). The lowest BCUT2D eigenvalue weighted by molar-refractivity contribution is -0.390. The van der Waals surface area contributed by atoms with Crippen molar-refractivity contribution in [2.45, 2.75) is 31.8 Å². The molecule has 0 aromatic carbocycles. The molecule has 0 bridgehead atoms. The molecule has 1 aliphatic rings. The van der Waals surface area contributed by atoms with Crippen molar-refractivity contribution < 1.29 is 9.72 Å². The van der Waals surface area contributed by atoms with Crippen molar-refractivity contribution in [1.29, 1.82) is 0 Å². The number of amides is 1. The van der Waals surface area contributed by atoms with Gasteiger partial charge in [0.15, 0.2) is 0 Å². The number of rotatable bonds is 5. The molecule has 1 N–H and O–H groups in total. The molecule has 92 valence electrons. The highest BCUT2D eigenvalue weighted by atomic mass is 79.9. The third kappa shape index (κ3) is 3.26. The zero-order chi connectivity index (χ0) is 12.4. The van der Waals surface area contributed by atoms with Crippen molar-refractivity contribution in [3.05, 3.63) is 20.8 Å². The molecular weight excluding hydrogens is 292 g/mol. The Hall–Kier alpha value is -1.44. The van der Waals surface area contributed by atoms with Gasteiger partial charge in [0.1, 0.15) is 4.47 Å². The highest BCUT2D eigenvalue weighted by Crippen LogP contribution is 2.22. The summed E-state index contributed by atoms with van der Waals surface area (Å²) in [5.41, 5.74) is 0. The van der Waals surface area contributed by atoms with Crippen molar-refractivity contribution in [3.8, 4) is 0 Å². The average Bonchev–Trinajstić information content (AvgIpc) is 2.97. The van der Waals surface area contributed by atoms with Crippen LogP contribution in [0.5, 0.6) is 0 Å². The van der Waals surface area contributed by atoms with E-state index in [-0.39, 0.29) is 18.1 Å². The lowest BCUT2D eigenvalue weighted by Crippen LogP contribution is -2.26. The van der Waals surface area contributed by atoms with Crippen LogP contribution in [-0.2, 0) is 11.3 Å². The first-order valence-corrected chi connectivity index (χ1v) is 6.02. The van der Waals surface area contributed by atoms with Gasteiger partial charge >= 0.3 is 5.82 Å². The van der Waals surface area contributed by atoms with Crippen molar-refractivity contribution in [3.63, 3.8) is 0 Å². The van der Waals surface area contributed by atoms with E-state index >= 15 is 0 Å². The Morgan fingerprint density at radius 2 is 2.41 bits per heavy atom. The number of nitrogens with zero attached hydrogens (tertiary/aromatic N) is 3. The summed E-state index contributed by atoms with van der Waals surface area (Å²) in [7, 11) is 0. The normalized spacial score (nSPS) is 14.6. The van der Waals surface area contributed by atoms with Crippen LogP contribution in [0.25, 0.3) is 0 Å². The maximum atomic E-state index is 11.4. The highest BCUT2D eigenvalue weighted by molar-refractivity contribution is 9.10. The fourth-order valence-electron chi connectivity index (χ4n) is 1.37. The molecule has 0 radical (unpaired) electrons. The molecule has 1 amide bonds. The summed E-state index contributed by atoms with van der Waals surface area (Å²) in [4.78, 5) is 21.4. The number of carbonyl (C=O) groups is 1. The molecule has 2 rings (SSSR count). The highest BCUT2D eigenvalue weighted by Gasteiger charge is 2.23. The van der Waals surface area contributed by atoms with E-state index in [1.54, 1.807) is 0 Å². The second kappa shape index (κ2) is 4.82. The summed E-state index contributed by atoms with van der Waals surface area (Å²) >= 11 is 3.05. The molecule has 1 aromatic rings. The number of nitrogens with one attached hydrogen (secondary N) is 1. The van der Waals surface area contributed by atoms with Crippen LogP contribution in [0.3, 0.4) is 0 Å². The van der Waals surface area contributed by atoms with Crippen molar-refractivity contribution in [2.24, 2.45) is 0 Å². The molecular formula is C9H11BrN4O3. The molecule has 0 aliphatic heterocycles. The average molecular weight is 303 g/mol.